The van der Waals surface area contributed by atoms with Crippen LogP contribution in [0.25, 0.3) is 11.0 Å². The number of nitrogens with zero attached hydrogens (tertiary/aromatic N) is 5. The van der Waals surface area contributed by atoms with Crippen molar-refractivity contribution in [3.63, 3.8) is 0 Å². The first-order chi connectivity index (χ1) is 13.0. The van der Waals surface area contributed by atoms with Crippen LogP contribution in [0.4, 0.5) is 0 Å². The minimum absolute atomic E-state index is 0.0876. The van der Waals surface area contributed by atoms with Crippen LogP contribution in [0.5, 0.6) is 0 Å². The van der Waals surface area contributed by atoms with Gasteiger partial charge < -0.3 is 4.90 Å². The zero-order valence-corrected chi connectivity index (χ0v) is 16.9. The van der Waals surface area contributed by atoms with Crippen molar-refractivity contribution in [1.82, 2.24) is 24.6 Å². The van der Waals surface area contributed by atoms with E-state index >= 15 is 0 Å². The zero-order valence-electron chi connectivity index (χ0n) is 16.1. The van der Waals surface area contributed by atoms with Crippen LogP contribution in [0.15, 0.2) is 29.8 Å². The topological polar surface area (TPSA) is 54.3 Å². The number of amides is 1. The Morgan fingerprint density at radius 3 is 2.70 bits per heavy atom. The van der Waals surface area contributed by atoms with Crippen LogP contribution < -0.4 is 0 Å². The van der Waals surface area contributed by atoms with Gasteiger partial charge in [0.1, 0.15) is 0 Å². The van der Waals surface area contributed by atoms with Crippen LogP contribution >= 0.6 is 11.3 Å². The number of aromatic nitrogens is 3. The van der Waals surface area contributed by atoms with Gasteiger partial charge in [0, 0.05) is 49.3 Å². The molecule has 0 radical (unpaired) electrons. The van der Waals surface area contributed by atoms with Gasteiger partial charge in [-0.15, -0.1) is 11.3 Å². The highest BCUT2D eigenvalue weighted by molar-refractivity contribution is 7.09. The van der Waals surface area contributed by atoms with E-state index in [-0.39, 0.29) is 11.9 Å². The molecule has 3 aromatic rings. The first-order valence-corrected chi connectivity index (χ1v) is 10.3. The Bertz CT molecular complexity index is 939. The summed E-state index contributed by atoms with van der Waals surface area (Å²) >= 11 is 1.79. The Balaban J connectivity index is 1.52. The van der Waals surface area contributed by atoms with Gasteiger partial charge >= 0.3 is 0 Å². The molecular weight excluding hydrogens is 358 g/mol. The van der Waals surface area contributed by atoms with Crippen LogP contribution in [0, 0.1) is 6.92 Å². The van der Waals surface area contributed by atoms with Gasteiger partial charge in [0.15, 0.2) is 5.65 Å². The number of carbonyl (C=O) groups excluding carboxylic acids is 1. The van der Waals surface area contributed by atoms with Crippen molar-refractivity contribution in [2.24, 2.45) is 0 Å². The smallest absolute Gasteiger partial charge is 0.254 e. The Morgan fingerprint density at radius 2 is 2.04 bits per heavy atom. The van der Waals surface area contributed by atoms with E-state index in [0.717, 1.165) is 55.0 Å². The van der Waals surface area contributed by atoms with Crippen molar-refractivity contribution in [3.8, 4) is 0 Å². The maximum absolute atomic E-state index is 13.2. The van der Waals surface area contributed by atoms with Crippen LogP contribution in [0.2, 0.25) is 0 Å². The maximum Gasteiger partial charge on any atom is 0.254 e. The summed E-state index contributed by atoms with van der Waals surface area (Å²) in [6.45, 7) is 10.4. The molecule has 1 aliphatic heterocycles. The van der Waals surface area contributed by atoms with E-state index in [4.69, 9.17) is 0 Å². The summed E-state index contributed by atoms with van der Waals surface area (Å²) < 4.78 is 1.89. The van der Waals surface area contributed by atoms with E-state index < -0.39 is 0 Å². The van der Waals surface area contributed by atoms with Crippen molar-refractivity contribution in [2.75, 3.05) is 26.2 Å². The summed E-state index contributed by atoms with van der Waals surface area (Å²) in [4.78, 5) is 23.6. The lowest BCUT2D eigenvalue weighted by atomic mass is 10.1. The van der Waals surface area contributed by atoms with Crippen LogP contribution in [0.1, 0.15) is 40.8 Å². The number of fused-ring (bicyclic) bond motifs is 1. The molecule has 142 valence electrons. The van der Waals surface area contributed by atoms with Crippen molar-refractivity contribution < 1.29 is 4.79 Å². The number of hydrogen-bond donors (Lipinski definition) is 0. The van der Waals surface area contributed by atoms with Gasteiger partial charge in [-0.2, -0.15) is 5.10 Å². The quantitative estimate of drug-likeness (QED) is 0.693. The second kappa shape index (κ2) is 7.40. The van der Waals surface area contributed by atoms with Crippen LogP contribution in [-0.4, -0.2) is 56.7 Å². The standard InChI is InChI=1S/C20H25N5OS/c1-14(2)25-19-18(12-21-25)17(11-15(3)22-19)20(26)24-8-6-23(7-9-24)13-16-5-4-10-27-16/h4-5,10-12,14H,6-9,13H2,1-3H3. The van der Waals surface area contributed by atoms with E-state index in [1.807, 2.05) is 22.6 Å². The van der Waals surface area contributed by atoms with E-state index in [1.165, 1.54) is 4.88 Å². The summed E-state index contributed by atoms with van der Waals surface area (Å²) in [6.07, 6.45) is 1.78. The summed E-state index contributed by atoms with van der Waals surface area (Å²) in [5.74, 6) is 0.0876. The summed E-state index contributed by atoms with van der Waals surface area (Å²) in [5.41, 5.74) is 2.37. The molecule has 4 heterocycles. The summed E-state index contributed by atoms with van der Waals surface area (Å²) in [6, 6.07) is 6.37. The molecule has 7 heteroatoms. The summed E-state index contributed by atoms with van der Waals surface area (Å²) in [7, 11) is 0. The minimum Gasteiger partial charge on any atom is -0.336 e. The molecule has 1 aliphatic rings. The molecule has 0 spiro atoms. The predicted molar refractivity (Wildman–Crippen MR) is 108 cm³/mol. The first-order valence-electron chi connectivity index (χ1n) is 9.42. The highest BCUT2D eigenvalue weighted by Crippen LogP contribution is 2.23. The number of hydrogen-bond acceptors (Lipinski definition) is 5. The van der Waals surface area contributed by atoms with E-state index in [0.29, 0.717) is 0 Å². The second-order valence-corrected chi connectivity index (χ2v) is 8.41. The molecule has 4 rings (SSSR count). The molecule has 27 heavy (non-hydrogen) atoms. The molecule has 6 nitrogen and oxygen atoms in total. The average molecular weight is 384 g/mol. The Kier molecular flexibility index (Phi) is 4.97. The number of rotatable bonds is 4. The zero-order chi connectivity index (χ0) is 19.0. The molecule has 0 aliphatic carbocycles. The lowest BCUT2D eigenvalue weighted by Gasteiger charge is -2.34. The van der Waals surface area contributed by atoms with E-state index in [2.05, 4.69) is 46.3 Å². The Hall–Kier alpha value is -2.25. The molecule has 1 amide bonds. The fraction of sp³-hybridized carbons (Fsp3) is 0.450. The number of carbonyl (C=O) groups is 1. The second-order valence-electron chi connectivity index (χ2n) is 7.38. The Labute approximate surface area is 163 Å². The number of aryl methyl sites for hydroxylation is 1. The predicted octanol–water partition coefficient (Wildman–Crippen LogP) is 3.34. The average Bonchev–Trinajstić information content (AvgIpc) is 3.30. The Morgan fingerprint density at radius 1 is 1.26 bits per heavy atom. The van der Waals surface area contributed by atoms with Gasteiger partial charge in [0.2, 0.25) is 0 Å². The largest absolute Gasteiger partial charge is 0.336 e. The molecule has 0 bridgehead atoms. The third-order valence-corrected chi connectivity index (χ3v) is 5.89. The van der Waals surface area contributed by atoms with Crippen molar-refractivity contribution in [2.45, 2.75) is 33.4 Å². The van der Waals surface area contributed by atoms with Gasteiger partial charge in [-0.05, 0) is 38.3 Å². The third kappa shape index (κ3) is 3.61. The normalized spacial score (nSPS) is 15.8. The van der Waals surface area contributed by atoms with Gasteiger partial charge in [-0.3, -0.25) is 9.69 Å². The third-order valence-electron chi connectivity index (χ3n) is 5.03. The number of piperazine rings is 1. The number of pyridine rings is 1. The monoisotopic (exact) mass is 383 g/mol. The maximum atomic E-state index is 13.2. The SMILES string of the molecule is Cc1cc(C(=O)N2CCN(Cc3cccs3)CC2)c2cnn(C(C)C)c2n1. The molecule has 1 saturated heterocycles. The highest BCUT2D eigenvalue weighted by atomic mass is 32.1. The molecule has 0 unspecified atom stereocenters. The molecule has 1 fully saturated rings. The van der Waals surface area contributed by atoms with E-state index in [1.54, 1.807) is 17.5 Å². The molecule has 0 saturated carbocycles. The molecule has 3 aromatic heterocycles. The van der Waals surface area contributed by atoms with Crippen molar-refractivity contribution >= 4 is 28.3 Å². The lowest BCUT2D eigenvalue weighted by molar-refractivity contribution is 0.0631. The highest BCUT2D eigenvalue weighted by Gasteiger charge is 2.25. The van der Waals surface area contributed by atoms with Gasteiger partial charge in [0.25, 0.3) is 5.91 Å². The number of thiophene rings is 1. The van der Waals surface area contributed by atoms with Crippen molar-refractivity contribution in [1.29, 1.82) is 0 Å². The van der Waals surface area contributed by atoms with Crippen LogP contribution in [-0.2, 0) is 6.54 Å². The van der Waals surface area contributed by atoms with E-state index in [9.17, 15) is 4.79 Å². The van der Waals surface area contributed by atoms with Crippen LogP contribution in [0.3, 0.4) is 0 Å². The van der Waals surface area contributed by atoms with Gasteiger partial charge in [-0.1, -0.05) is 6.07 Å². The summed E-state index contributed by atoms with van der Waals surface area (Å²) in [5, 5.41) is 7.42. The minimum atomic E-state index is 0.0876. The van der Waals surface area contributed by atoms with Gasteiger partial charge in [0.05, 0.1) is 17.1 Å². The fourth-order valence-electron chi connectivity index (χ4n) is 3.60. The fourth-order valence-corrected chi connectivity index (χ4v) is 4.35. The molecule has 0 atom stereocenters. The molecule has 0 aromatic carbocycles. The molecular formula is C20H25N5OS. The lowest BCUT2D eigenvalue weighted by Crippen LogP contribution is -2.48. The molecule has 0 N–H and O–H groups in total. The van der Waals surface area contributed by atoms with Crippen molar-refractivity contribution in [3.05, 3.63) is 45.9 Å². The van der Waals surface area contributed by atoms with Gasteiger partial charge in [-0.25, -0.2) is 9.67 Å². The first kappa shape index (κ1) is 18.1.